The van der Waals surface area contributed by atoms with Crippen LogP contribution in [0.5, 0.6) is 0 Å². The van der Waals surface area contributed by atoms with Crippen molar-refractivity contribution in [2.24, 2.45) is 5.92 Å². The summed E-state index contributed by atoms with van der Waals surface area (Å²) in [4.78, 5) is 0.974. The predicted octanol–water partition coefficient (Wildman–Crippen LogP) is 3.63. The maximum atomic E-state index is 10.6. The maximum Gasteiger partial charge on any atom is 0.102 e. The number of hydrogen-bond donors (Lipinski definition) is 2. The van der Waals surface area contributed by atoms with Gasteiger partial charge >= 0.3 is 0 Å². The number of aliphatic hydroxyl groups is 1. The van der Waals surface area contributed by atoms with E-state index in [9.17, 15) is 10.4 Å². The maximum absolute atomic E-state index is 10.6. The van der Waals surface area contributed by atoms with Crippen molar-refractivity contribution >= 4 is 17.4 Å². The fraction of sp³-hybridized carbons (Fsp3) is 0.562. The zero-order valence-corrected chi connectivity index (χ0v) is 13.0. The molecule has 2 N–H and O–H groups in total. The van der Waals surface area contributed by atoms with E-state index in [2.05, 4.69) is 18.3 Å². The first-order valence-electron chi connectivity index (χ1n) is 7.11. The standard InChI is InChI=1S/C16H22N2OS/c1-12-5-4-8-16(19,9-12)11-18-14-6-3-7-15(20-2)13(14)10-17/h3,6-7,12,18-19H,4-5,8-9,11H2,1-2H3. The average Bonchev–Trinajstić information content (AvgIpc) is 2.44. The second-order valence-corrected chi connectivity index (χ2v) is 6.62. The van der Waals surface area contributed by atoms with Gasteiger partial charge in [-0.05, 0) is 37.1 Å². The quantitative estimate of drug-likeness (QED) is 0.831. The molecule has 0 spiro atoms. The summed E-state index contributed by atoms with van der Waals surface area (Å²) in [6.07, 6.45) is 5.93. The van der Waals surface area contributed by atoms with Crippen LogP contribution in [0, 0.1) is 17.2 Å². The minimum atomic E-state index is -0.639. The van der Waals surface area contributed by atoms with Gasteiger partial charge in [0.25, 0.3) is 0 Å². The van der Waals surface area contributed by atoms with Crippen LogP contribution >= 0.6 is 11.8 Å². The second-order valence-electron chi connectivity index (χ2n) is 5.77. The fourth-order valence-electron chi connectivity index (χ4n) is 3.02. The normalized spacial score (nSPS) is 26.0. The molecule has 0 radical (unpaired) electrons. The molecule has 4 heteroatoms. The van der Waals surface area contributed by atoms with E-state index >= 15 is 0 Å². The lowest BCUT2D eigenvalue weighted by Crippen LogP contribution is -2.41. The summed E-state index contributed by atoms with van der Waals surface area (Å²) in [5, 5.41) is 23.2. The van der Waals surface area contributed by atoms with Crippen molar-refractivity contribution in [3.05, 3.63) is 23.8 Å². The van der Waals surface area contributed by atoms with Gasteiger partial charge in [0.05, 0.1) is 16.9 Å². The highest BCUT2D eigenvalue weighted by atomic mass is 32.2. The topological polar surface area (TPSA) is 56.0 Å². The second kappa shape index (κ2) is 6.51. The van der Waals surface area contributed by atoms with E-state index in [-0.39, 0.29) is 0 Å². The van der Waals surface area contributed by atoms with Gasteiger partial charge in [-0.3, -0.25) is 0 Å². The Labute approximate surface area is 125 Å². The lowest BCUT2D eigenvalue weighted by atomic mass is 9.79. The predicted molar refractivity (Wildman–Crippen MR) is 84.0 cm³/mol. The molecule has 2 rings (SSSR count). The first-order chi connectivity index (χ1) is 9.58. The average molecular weight is 290 g/mol. The van der Waals surface area contributed by atoms with E-state index in [1.54, 1.807) is 11.8 Å². The number of anilines is 1. The molecule has 1 aliphatic rings. The van der Waals surface area contributed by atoms with Gasteiger partial charge in [-0.15, -0.1) is 11.8 Å². The van der Waals surface area contributed by atoms with Gasteiger partial charge in [0.15, 0.2) is 0 Å². The van der Waals surface area contributed by atoms with Crippen LogP contribution in [0.3, 0.4) is 0 Å². The molecule has 2 unspecified atom stereocenters. The Kier molecular flexibility index (Phi) is 4.95. The van der Waals surface area contributed by atoms with Crippen molar-refractivity contribution in [3.8, 4) is 6.07 Å². The Bertz CT molecular complexity index is 512. The smallest absolute Gasteiger partial charge is 0.102 e. The highest BCUT2D eigenvalue weighted by molar-refractivity contribution is 7.98. The summed E-state index contributed by atoms with van der Waals surface area (Å²) < 4.78 is 0. The highest BCUT2D eigenvalue weighted by Crippen LogP contribution is 2.33. The van der Waals surface area contributed by atoms with Crippen LogP contribution in [0.25, 0.3) is 0 Å². The molecule has 1 aromatic carbocycles. The molecule has 2 atom stereocenters. The van der Waals surface area contributed by atoms with E-state index in [4.69, 9.17) is 0 Å². The summed E-state index contributed by atoms with van der Waals surface area (Å²) >= 11 is 1.57. The first-order valence-corrected chi connectivity index (χ1v) is 8.34. The molecule has 0 heterocycles. The molecule has 1 saturated carbocycles. The molecule has 108 valence electrons. The molecular weight excluding hydrogens is 268 g/mol. The summed E-state index contributed by atoms with van der Waals surface area (Å²) in [5.74, 6) is 0.573. The molecule has 1 aliphatic carbocycles. The molecular formula is C16H22N2OS. The monoisotopic (exact) mass is 290 g/mol. The number of nitrogens with zero attached hydrogens (tertiary/aromatic N) is 1. The van der Waals surface area contributed by atoms with Crippen LogP contribution in [0.1, 0.15) is 38.2 Å². The molecule has 0 amide bonds. The Morgan fingerprint density at radius 3 is 3.00 bits per heavy atom. The van der Waals surface area contributed by atoms with Gasteiger partial charge in [-0.2, -0.15) is 5.26 Å². The summed E-state index contributed by atoms with van der Waals surface area (Å²) in [6.45, 7) is 2.71. The minimum Gasteiger partial charge on any atom is -0.388 e. The van der Waals surface area contributed by atoms with E-state index in [1.165, 1.54) is 6.42 Å². The van der Waals surface area contributed by atoms with E-state index in [0.717, 1.165) is 29.8 Å². The van der Waals surface area contributed by atoms with Crippen molar-refractivity contribution in [2.75, 3.05) is 18.1 Å². The van der Waals surface area contributed by atoms with E-state index in [1.807, 2.05) is 24.5 Å². The van der Waals surface area contributed by atoms with Gasteiger partial charge < -0.3 is 10.4 Å². The number of nitrogens with one attached hydrogen (secondary N) is 1. The van der Waals surface area contributed by atoms with Crippen LogP contribution in [0.4, 0.5) is 5.69 Å². The van der Waals surface area contributed by atoms with Crippen LogP contribution < -0.4 is 5.32 Å². The molecule has 1 fully saturated rings. The largest absolute Gasteiger partial charge is 0.388 e. The molecule has 0 aromatic heterocycles. The summed E-state index contributed by atoms with van der Waals surface area (Å²) in [7, 11) is 0. The van der Waals surface area contributed by atoms with Crippen molar-refractivity contribution in [1.29, 1.82) is 5.26 Å². The Morgan fingerprint density at radius 1 is 1.55 bits per heavy atom. The molecule has 3 nitrogen and oxygen atoms in total. The first kappa shape index (κ1) is 15.2. The number of rotatable bonds is 4. The third-order valence-corrected chi connectivity index (χ3v) is 4.81. The Balaban J connectivity index is 2.09. The van der Waals surface area contributed by atoms with Crippen LogP contribution in [0.15, 0.2) is 23.1 Å². The van der Waals surface area contributed by atoms with E-state index < -0.39 is 5.60 Å². The molecule has 20 heavy (non-hydrogen) atoms. The van der Waals surface area contributed by atoms with Crippen LogP contribution in [-0.2, 0) is 0 Å². The molecule has 0 saturated heterocycles. The van der Waals surface area contributed by atoms with Crippen LogP contribution in [-0.4, -0.2) is 23.5 Å². The van der Waals surface area contributed by atoms with Gasteiger partial charge in [0.2, 0.25) is 0 Å². The number of benzene rings is 1. The summed E-state index contributed by atoms with van der Waals surface area (Å²) in [6, 6.07) is 8.07. The number of hydrogen-bond acceptors (Lipinski definition) is 4. The number of thioether (sulfide) groups is 1. The highest BCUT2D eigenvalue weighted by Gasteiger charge is 2.32. The van der Waals surface area contributed by atoms with Gasteiger partial charge in [0.1, 0.15) is 6.07 Å². The Morgan fingerprint density at radius 2 is 2.35 bits per heavy atom. The van der Waals surface area contributed by atoms with E-state index in [0.29, 0.717) is 18.0 Å². The van der Waals surface area contributed by atoms with Crippen molar-refractivity contribution in [1.82, 2.24) is 0 Å². The third kappa shape index (κ3) is 3.47. The molecule has 0 bridgehead atoms. The zero-order valence-electron chi connectivity index (χ0n) is 12.1. The zero-order chi connectivity index (χ0) is 14.6. The summed E-state index contributed by atoms with van der Waals surface area (Å²) in [5.41, 5.74) is 0.859. The van der Waals surface area contributed by atoms with Crippen molar-refractivity contribution in [2.45, 2.75) is 43.1 Å². The van der Waals surface area contributed by atoms with Crippen molar-refractivity contribution in [3.63, 3.8) is 0 Å². The lowest BCUT2D eigenvalue weighted by molar-refractivity contribution is -0.000766. The third-order valence-electron chi connectivity index (χ3n) is 4.03. The van der Waals surface area contributed by atoms with Crippen LogP contribution in [0.2, 0.25) is 0 Å². The van der Waals surface area contributed by atoms with Gasteiger partial charge in [-0.25, -0.2) is 0 Å². The lowest BCUT2D eigenvalue weighted by Gasteiger charge is -2.36. The minimum absolute atomic E-state index is 0.518. The Hall–Kier alpha value is -1.18. The molecule has 1 aromatic rings. The van der Waals surface area contributed by atoms with Gasteiger partial charge in [0, 0.05) is 11.4 Å². The fourth-order valence-corrected chi connectivity index (χ4v) is 3.59. The van der Waals surface area contributed by atoms with Crippen molar-refractivity contribution < 1.29 is 5.11 Å². The van der Waals surface area contributed by atoms with Gasteiger partial charge in [-0.1, -0.05) is 25.8 Å². The molecule has 0 aliphatic heterocycles. The number of nitriles is 1. The SMILES string of the molecule is CSc1cccc(NCC2(O)CCCC(C)C2)c1C#N.